The molecule has 0 amide bonds. The maximum Gasteiger partial charge on any atom is 0.231 e. The summed E-state index contributed by atoms with van der Waals surface area (Å²) in [6.07, 6.45) is 0. The van der Waals surface area contributed by atoms with E-state index in [-0.39, 0.29) is 0 Å². The number of hydrogen-bond donors (Lipinski definition) is 2. The maximum atomic E-state index is 4.37. The highest BCUT2D eigenvalue weighted by atomic mass is 32.1. The average molecular weight is 278 g/mol. The molecular formula is C12H18N6S. The van der Waals surface area contributed by atoms with E-state index < -0.39 is 0 Å². The fourth-order valence-electron chi connectivity index (χ4n) is 1.50. The molecule has 2 aromatic heterocycles. The molecule has 2 rings (SSSR count). The molecule has 0 radical (unpaired) electrons. The Balaban J connectivity index is 2.15. The fourth-order valence-corrected chi connectivity index (χ4v) is 2.35. The van der Waals surface area contributed by atoms with E-state index in [2.05, 4.69) is 43.3 Å². The smallest absolute Gasteiger partial charge is 0.231 e. The number of nitrogens with one attached hydrogen (secondary N) is 2. The number of thiophene rings is 1. The fraction of sp³-hybridized carbons (Fsp3) is 0.417. The monoisotopic (exact) mass is 278 g/mol. The Labute approximate surface area is 116 Å². The van der Waals surface area contributed by atoms with Crippen molar-refractivity contribution in [1.82, 2.24) is 15.0 Å². The molecule has 0 unspecified atom stereocenters. The van der Waals surface area contributed by atoms with E-state index in [4.69, 9.17) is 0 Å². The van der Waals surface area contributed by atoms with Gasteiger partial charge in [0.2, 0.25) is 17.8 Å². The molecule has 0 aromatic carbocycles. The van der Waals surface area contributed by atoms with Gasteiger partial charge in [-0.05, 0) is 28.8 Å². The van der Waals surface area contributed by atoms with Crippen LogP contribution in [0.2, 0.25) is 0 Å². The first-order valence-corrected chi connectivity index (χ1v) is 6.91. The minimum Gasteiger partial charge on any atom is -0.357 e. The summed E-state index contributed by atoms with van der Waals surface area (Å²) in [5.41, 5.74) is 2.55. The van der Waals surface area contributed by atoms with Crippen LogP contribution in [-0.4, -0.2) is 36.1 Å². The van der Waals surface area contributed by atoms with Crippen LogP contribution in [0.1, 0.15) is 11.1 Å². The molecule has 2 heterocycles. The Morgan fingerprint density at radius 1 is 1.16 bits per heavy atom. The summed E-state index contributed by atoms with van der Waals surface area (Å²) in [4.78, 5) is 14.8. The van der Waals surface area contributed by atoms with Gasteiger partial charge in [0.25, 0.3) is 0 Å². The van der Waals surface area contributed by atoms with E-state index in [1.165, 1.54) is 11.1 Å². The number of aryl methyl sites for hydroxylation is 1. The summed E-state index contributed by atoms with van der Waals surface area (Å²) in [5.74, 6) is 1.76. The lowest BCUT2D eigenvalue weighted by molar-refractivity contribution is 0.944. The van der Waals surface area contributed by atoms with Gasteiger partial charge in [0.1, 0.15) is 0 Å². The van der Waals surface area contributed by atoms with E-state index in [0.717, 1.165) is 6.54 Å². The molecule has 6 nitrogen and oxygen atoms in total. The van der Waals surface area contributed by atoms with Crippen LogP contribution in [0.4, 0.5) is 17.8 Å². The zero-order chi connectivity index (χ0) is 13.8. The Morgan fingerprint density at radius 2 is 1.89 bits per heavy atom. The van der Waals surface area contributed by atoms with Crippen molar-refractivity contribution >= 4 is 29.2 Å². The molecule has 7 heteroatoms. The molecule has 2 N–H and O–H groups in total. The lowest BCUT2D eigenvalue weighted by Gasteiger charge is -2.13. The van der Waals surface area contributed by atoms with Crippen LogP contribution in [0.3, 0.4) is 0 Å². The second-order valence-corrected chi connectivity index (χ2v) is 5.10. The quantitative estimate of drug-likeness (QED) is 0.871. The van der Waals surface area contributed by atoms with Crippen molar-refractivity contribution in [3.8, 4) is 0 Å². The van der Waals surface area contributed by atoms with Crippen LogP contribution in [0, 0.1) is 6.92 Å². The van der Waals surface area contributed by atoms with Gasteiger partial charge in [-0.1, -0.05) is 0 Å². The summed E-state index contributed by atoms with van der Waals surface area (Å²) >= 11 is 1.70. The molecule has 0 saturated heterocycles. The van der Waals surface area contributed by atoms with Gasteiger partial charge in [0.15, 0.2) is 0 Å². The number of nitrogens with zero attached hydrogens (tertiary/aromatic N) is 4. The number of hydrogen-bond acceptors (Lipinski definition) is 7. The van der Waals surface area contributed by atoms with Crippen molar-refractivity contribution in [1.29, 1.82) is 0 Å². The average Bonchev–Trinajstić information content (AvgIpc) is 2.81. The van der Waals surface area contributed by atoms with E-state index >= 15 is 0 Å². The van der Waals surface area contributed by atoms with Gasteiger partial charge in [-0.3, -0.25) is 0 Å². The van der Waals surface area contributed by atoms with E-state index in [1.807, 2.05) is 19.0 Å². The van der Waals surface area contributed by atoms with E-state index in [0.29, 0.717) is 17.8 Å². The Kier molecular flexibility index (Phi) is 4.16. The minimum absolute atomic E-state index is 0.559. The van der Waals surface area contributed by atoms with Gasteiger partial charge in [-0.15, -0.1) is 0 Å². The first kappa shape index (κ1) is 13.5. The second kappa shape index (κ2) is 5.83. The summed E-state index contributed by atoms with van der Waals surface area (Å²) in [7, 11) is 5.60. The Hall–Kier alpha value is -1.89. The van der Waals surface area contributed by atoms with Crippen LogP contribution in [0.15, 0.2) is 10.8 Å². The van der Waals surface area contributed by atoms with Crippen LogP contribution in [0.25, 0.3) is 0 Å². The summed E-state index contributed by atoms with van der Waals surface area (Å²) in [6.45, 7) is 2.82. The molecule has 0 aliphatic heterocycles. The molecule has 0 spiro atoms. The molecule has 0 atom stereocenters. The second-order valence-electron chi connectivity index (χ2n) is 4.36. The molecule has 102 valence electrons. The molecule has 0 bridgehead atoms. The topological polar surface area (TPSA) is 66.0 Å². The van der Waals surface area contributed by atoms with Crippen LogP contribution < -0.4 is 15.5 Å². The van der Waals surface area contributed by atoms with Gasteiger partial charge >= 0.3 is 0 Å². The molecule has 2 aromatic rings. The van der Waals surface area contributed by atoms with Gasteiger partial charge in [-0.2, -0.15) is 26.3 Å². The number of anilines is 3. The standard InChI is InChI=1S/C12H18N6S/c1-8-6-19-7-9(8)5-14-11-15-10(13-2)16-12(17-11)18(3)4/h6-7H,5H2,1-4H3,(H2,13,14,15,16,17). The zero-order valence-corrected chi connectivity index (χ0v) is 12.4. The minimum atomic E-state index is 0.559. The zero-order valence-electron chi connectivity index (χ0n) is 11.6. The molecule has 0 saturated carbocycles. The third-order valence-electron chi connectivity index (χ3n) is 2.65. The van der Waals surface area contributed by atoms with Crippen LogP contribution >= 0.6 is 11.3 Å². The third kappa shape index (κ3) is 3.31. The molecule has 0 aliphatic rings. The first-order chi connectivity index (χ1) is 9.10. The summed E-state index contributed by atoms with van der Waals surface area (Å²) < 4.78 is 0. The van der Waals surface area contributed by atoms with E-state index in [1.54, 1.807) is 18.4 Å². The van der Waals surface area contributed by atoms with Gasteiger partial charge < -0.3 is 15.5 Å². The predicted molar refractivity (Wildman–Crippen MR) is 80.1 cm³/mol. The lowest BCUT2D eigenvalue weighted by Crippen LogP contribution is -2.16. The van der Waals surface area contributed by atoms with Gasteiger partial charge in [-0.25, -0.2) is 0 Å². The Morgan fingerprint density at radius 3 is 2.47 bits per heavy atom. The predicted octanol–water partition coefficient (Wildman–Crippen LogP) is 1.96. The molecule has 19 heavy (non-hydrogen) atoms. The van der Waals surface area contributed by atoms with Crippen molar-refractivity contribution in [2.75, 3.05) is 36.7 Å². The summed E-state index contributed by atoms with van der Waals surface area (Å²) in [6, 6.07) is 0. The first-order valence-electron chi connectivity index (χ1n) is 5.97. The molecular weight excluding hydrogens is 260 g/mol. The van der Waals surface area contributed by atoms with Crippen LogP contribution in [0.5, 0.6) is 0 Å². The van der Waals surface area contributed by atoms with Crippen molar-refractivity contribution in [2.24, 2.45) is 0 Å². The SMILES string of the molecule is CNc1nc(NCc2cscc2C)nc(N(C)C)n1. The largest absolute Gasteiger partial charge is 0.357 e. The van der Waals surface area contributed by atoms with Crippen LogP contribution in [-0.2, 0) is 6.54 Å². The lowest BCUT2D eigenvalue weighted by atomic mass is 10.2. The maximum absolute atomic E-state index is 4.37. The molecule has 0 fully saturated rings. The highest BCUT2D eigenvalue weighted by Crippen LogP contribution is 2.16. The Bertz CT molecular complexity index is 551. The van der Waals surface area contributed by atoms with Crippen molar-refractivity contribution in [3.63, 3.8) is 0 Å². The van der Waals surface area contributed by atoms with E-state index in [9.17, 15) is 0 Å². The third-order valence-corrected chi connectivity index (χ3v) is 3.56. The van der Waals surface area contributed by atoms with Crippen molar-refractivity contribution in [3.05, 3.63) is 21.9 Å². The van der Waals surface area contributed by atoms with Gasteiger partial charge in [0.05, 0.1) is 0 Å². The molecule has 0 aliphatic carbocycles. The number of aromatic nitrogens is 3. The highest BCUT2D eigenvalue weighted by Gasteiger charge is 2.07. The number of rotatable bonds is 5. The highest BCUT2D eigenvalue weighted by molar-refractivity contribution is 7.08. The van der Waals surface area contributed by atoms with Crippen molar-refractivity contribution in [2.45, 2.75) is 13.5 Å². The van der Waals surface area contributed by atoms with Crippen molar-refractivity contribution < 1.29 is 0 Å². The summed E-state index contributed by atoms with van der Waals surface area (Å²) in [5, 5.41) is 10.4. The normalized spacial score (nSPS) is 10.3. The van der Waals surface area contributed by atoms with Gasteiger partial charge in [0, 0.05) is 27.7 Å².